The van der Waals surface area contributed by atoms with Gasteiger partial charge in [0.25, 0.3) is 11.9 Å². The average molecular weight is 582 g/mol. The first kappa shape index (κ1) is 30.3. The van der Waals surface area contributed by atoms with Crippen LogP contribution in [0.15, 0.2) is 77.8 Å². The number of hydrogen-bond donors (Lipinski definition) is 2. The Morgan fingerprint density at radius 1 is 0.953 bits per heavy atom. The number of nitrogens with one attached hydrogen (secondary N) is 1. The molecule has 1 unspecified atom stereocenters. The molecule has 0 bridgehead atoms. The lowest BCUT2D eigenvalue weighted by Gasteiger charge is -2.41. The summed E-state index contributed by atoms with van der Waals surface area (Å²) in [5.74, 6) is -0.521. The summed E-state index contributed by atoms with van der Waals surface area (Å²) in [6.07, 6.45) is 4.39. The summed E-state index contributed by atoms with van der Waals surface area (Å²) in [5.41, 5.74) is 6.23. The van der Waals surface area contributed by atoms with Crippen LogP contribution >= 0.6 is 0 Å². The van der Waals surface area contributed by atoms with Crippen LogP contribution in [0.1, 0.15) is 80.4 Å². The normalized spacial score (nSPS) is 21.4. The van der Waals surface area contributed by atoms with E-state index in [1.807, 2.05) is 24.3 Å². The van der Waals surface area contributed by atoms with Gasteiger partial charge in [-0.25, -0.2) is 0 Å². The van der Waals surface area contributed by atoms with Crippen LogP contribution in [-0.4, -0.2) is 47.1 Å². The Labute approximate surface area is 255 Å². The second-order valence-corrected chi connectivity index (χ2v) is 12.9. The van der Waals surface area contributed by atoms with Crippen LogP contribution in [0, 0.1) is 18.3 Å². The summed E-state index contributed by atoms with van der Waals surface area (Å²) in [4.78, 5) is 30.8. The van der Waals surface area contributed by atoms with Gasteiger partial charge in [0, 0.05) is 18.2 Å². The highest BCUT2D eigenvalue weighted by Crippen LogP contribution is 2.42. The Morgan fingerprint density at radius 2 is 1.65 bits per heavy atom. The molecule has 5 rings (SSSR count). The number of aliphatic carboxylic acids is 1. The number of carboxylic acid groups (broad SMARTS) is 1. The van der Waals surface area contributed by atoms with Gasteiger partial charge in [-0.1, -0.05) is 74.9 Å². The molecule has 3 aromatic carbocycles. The number of aryl methyl sites for hydroxylation is 1. The topological polar surface area (TPSA) is 91.2 Å². The summed E-state index contributed by atoms with van der Waals surface area (Å²) >= 11 is 0. The first-order valence-corrected chi connectivity index (χ1v) is 15.4. The minimum Gasteiger partial charge on any atom is -0.481 e. The third-order valence-electron chi connectivity index (χ3n) is 8.88. The number of carbonyl (C=O) groups excluding carboxylic acids is 1. The number of amidine groups is 1. The summed E-state index contributed by atoms with van der Waals surface area (Å²) in [7, 11) is 0. The number of aliphatic imine (C=N–C) groups is 1. The van der Waals surface area contributed by atoms with Crippen LogP contribution in [0.25, 0.3) is 11.1 Å². The maximum Gasteiger partial charge on any atom is 0.305 e. The highest BCUT2D eigenvalue weighted by Gasteiger charge is 2.40. The first-order chi connectivity index (χ1) is 20.6. The number of amides is 1. The van der Waals surface area contributed by atoms with Crippen molar-refractivity contribution in [1.29, 1.82) is 0 Å². The second-order valence-electron chi connectivity index (χ2n) is 12.9. The predicted octanol–water partition coefficient (Wildman–Crippen LogP) is 7.53. The van der Waals surface area contributed by atoms with Crippen molar-refractivity contribution in [3.05, 3.63) is 89.5 Å². The molecule has 1 saturated heterocycles. The monoisotopic (exact) mass is 581 g/mol. The average Bonchev–Trinajstić information content (AvgIpc) is 3.40. The van der Waals surface area contributed by atoms with Crippen LogP contribution in [0.5, 0.6) is 0 Å². The first-order valence-electron chi connectivity index (χ1n) is 15.4. The maximum absolute atomic E-state index is 12.5. The van der Waals surface area contributed by atoms with Gasteiger partial charge in [0.15, 0.2) is 0 Å². The van der Waals surface area contributed by atoms with Crippen molar-refractivity contribution in [2.75, 3.05) is 13.2 Å². The summed E-state index contributed by atoms with van der Waals surface area (Å²) in [6.45, 7) is 9.70. The molecular weight excluding hydrogens is 538 g/mol. The number of nitrogens with zero attached hydrogens (tertiary/aromatic N) is 2. The molecule has 3 aromatic rings. The molecule has 1 aliphatic carbocycles. The van der Waals surface area contributed by atoms with Gasteiger partial charge in [0.1, 0.15) is 6.61 Å². The van der Waals surface area contributed by atoms with Gasteiger partial charge in [0.05, 0.1) is 18.2 Å². The van der Waals surface area contributed by atoms with E-state index in [-0.39, 0.29) is 24.9 Å². The molecule has 1 amide bonds. The standard InChI is InChI=1S/C36H43N3O4/c1-24-8-10-25(11-9-24)28-6-5-7-30(22-28)38-35-39(31-18-16-29(17-19-31)36(2,3)4)32(23-43-35)26-12-14-27(15-13-26)34(42)37-21-20-33(40)41/h5-15,22,29,31-32H,16-21,23H2,1-4H3,(H,37,42)(H,40,41)/b38-35-. The Balaban J connectivity index is 1.40. The SMILES string of the molecule is Cc1ccc(-c2cccc(/N=C3\OCC(c4ccc(C(=O)NCCC(=O)O)cc4)N3C3CCC(C(C)(C)C)CC3)c2)cc1. The third-order valence-corrected chi connectivity index (χ3v) is 8.88. The van der Waals surface area contributed by atoms with E-state index in [1.54, 1.807) is 12.1 Å². The minimum absolute atomic E-state index is 0.0145. The van der Waals surface area contributed by atoms with E-state index in [2.05, 4.69) is 74.3 Å². The molecule has 2 N–H and O–H groups in total. The van der Waals surface area contributed by atoms with Crippen LogP contribution < -0.4 is 5.32 Å². The summed E-state index contributed by atoms with van der Waals surface area (Å²) < 4.78 is 6.34. The van der Waals surface area contributed by atoms with E-state index >= 15 is 0 Å². The number of carboxylic acids is 1. The Bertz CT molecular complexity index is 1450. The van der Waals surface area contributed by atoms with E-state index in [9.17, 15) is 9.59 Å². The summed E-state index contributed by atoms with van der Waals surface area (Å²) in [5, 5.41) is 11.5. The van der Waals surface area contributed by atoms with Gasteiger partial charge in [-0.15, -0.1) is 0 Å². The lowest BCUT2D eigenvalue weighted by Crippen LogP contribution is -2.42. The maximum atomic E-state index is 12.5. The van der Waals surface area contributed by atoms with Gasteiger partial charge >= 0.3 is 5.97 Å². The number of hydrogen-bond acceptors (Lipinski definition) is 4. The minimum atomic E-state index is -0.937. The van der Waals surface area contributed by atoms with Crippen molar-refractivity contribution in [3.8, 4) is 11.1 Å². The fourth-order valence-electron chi connectivity index (χ4n) is 6.27. The van der Waals surface area contributed by atoms with Gasteiger partial charge in [-0.05, 0) is 84.9 Å². The van der Waals surface area contributed by atoms with E-state index in [1.165, 1.54) is 18.4 Å². The van der Waals surface area contributed by atoms with Crippen molar-refractivity contribution in [2.45, 2.75) is 71.9 Å². The van der Waals surface area contributed by atoms with Gasteiger partial charge in [0.2, 0.25) is 0 Å². The Morgan fingerprint density at radius 3 is 2.30 bits per heavy atom. The lowest BCUT2D eigenvalue weighted by molar-refractivity contribution is -0.136. The van der Waals surface area contributed by atoms with E-state index in [0.29, 0.717) is 35.6 Å². The van der Waals surface area contributed by atoms with Crippen LogP contribution in [0.3, 0.4) is 0 Å². The van der Waals surface area contributed by atoms with Crippen molar-refractivity contribution in [3.63, 3.8) is 0 Å². The van der Waals surface area contributed by atoms with Gasteiger partial charge in [-0.2, -0.15) is 4.99 Å². The molecular formula is C36H43N3O4. The zero-order chi connectivity index (χ0) is 30.6. The zero-order valence-corrected chi connectivity index (χ0v) is 25.7. The number of ether oxygens (including phenoxy) is 1. The molecule has 226 valence electrons. The predicted molar refractivity (Wildman–Crippen MR) is 170 cm³/mol. The fraction of sp³-hybridized carbons (Fsp3) is 0.417. The fourth-order valence-corrected chi connectivity index (χ4v) is 6.27. The van der Waals surface area contributed by atoms with Gasteiger partial charge < -0.3 is 20.1 Å². The molecule has 1 aliphatic heterocycles. The van der Waals surface area contributed by atoms with Crippen molar-refractivity contribution < 1.29 is 19.4 Å². The third kappa shape index (κ3) is 7.45. The Kier molecular flexibility index (Phi) is 9.19. The van der Waals surface area contributed by atoms with E-state index < -0.39 is 5.97 Å². The molecule has 0 aromatic heterocycles. The molecule has 2 fully saturated rings. The Hall–Kier alpha value is -4.13. The van der Waals surface area contributed by atoms with Gasteiger partial charge in [-0.3, -0.25) is 9.59 Å². The van der Waals surface area contributed by atoms with Crippen molar-refractivity contribution in [1.82, 2.24) is 10.2 Å². The quantitative estimate of drug-likeness (QED) is 0.287. The second kappa shape index (κ2) is 13.0. The largest absolute Gasteiger partial charge is 0.481 e. The molecule has 1 atom stereocenters. The number of rotatable bonds is 8. The summed E-state index contributed by atoms with van der Waals surface area (Å²) in [6, 6.07) is 25.3. The molecule has 1 heterocycles. The van der Waals surface area contributed by atoms with Crippen LogP contribution in [0.2, 0.25) is 0 Å². The molecule has 0 radical (unpaired) electrons. The van der Waals surface area contributed by atoms with Crippen LogP contribution in [0.4, 0.5) is 5.69 Å². The molecule has 2 aliphatic rings. The number of carbonyl (C=O) groups is 2. The molecule has 7 nitrogen and oxygen atoms in total. The highest BCUT2D eigenvalue weighted by molar-refractivity contribution is 5.94. The van der Waals surface area contributed by atoms with Crippen molar-refractivity contribution in [2.24, 2.45) is 16.3 Å². The smallest absolute Gasteiger partial charge is 0.305 e. The van der Waals surface area contributed by atoms with E-state index in [4.69, 9.17) is 14.8 Å². The van der Waals surface area contributed by atoms with Crippen LogP contribution in [-0.2, 0) is 9.53 Å². The zero-order valence-electron chi connectivity index (χ0n) is 25.7. The molecule has 1 saturated carbocycles. The highest BCUT2D eigenvalue weighted by atomic mass is 16.5. The van der Waals surface area contributed by atoms with Crippen molar-refractivity contribution >= 4 is 23.6 Å². The molecule has 0 spiro atoms. The lowest BCUT2D eigenvalue weighted by atomic mass is 9.71. The molecule has 43 heavy (non-hydrogen) atoms. The molecule has 7 heteroatoms. The van der Waals surface area contributed by atoms with E-state index in [0.717, 1.165) is 35.2 Å². The number of benzene rings is 3.